The van der Waals surface area contributed by atoms with Gasteiger partial charge in [0.1, 0.15) is 5.82 Å². The van der Waals surface area contributed by atoms with Crippen LogP contribution in [0.3, 0.4) is 0 Å². The summed E-state index contributed by atoms with van der Waals surface area (Å²) in [5.74, 6) is -0.980. The SMILES string of the molecule is Nc1cccc(C(=O)Nc2ccc(Cl)c(F)c2)c1Br. The molecule has 0 unspecified atom stereocenters. The molecular formula is C13H9BrClFN2O. The zero-order valence-electron chi connectivity index (χ0n) is 9.58. The van der Waals surface area contributed by atoms with Gasteiger partial charge in [-0.2, -0.15) is 0 Å². The van der Waals surface area contributed by atoms with E-state index in [1.54, 1.807) is 18.2 Å². The highest BCUT2D eigenvalue weighted by Gasteiger charge is 2.12. The molecule has 6 heteroatoms. The van der Waals surface area contributed by atoms with Crippen LogP contribution in [-0.2, 0) is 0 Å². The molecule has 98 valence electrons. The molecular weight excluding hydrogens is 335 g/mol. The third kappa shape index (κ3) is 3.05. The first-order valence-corrected chi connectivity index (χ1v) is 6.46. The van der Waals surface area contributed by atoms with E-state index in [2.05, 4.69) is 21.2 Å². The van der Waals surface area contributed by atoms with Crippen molar-refractivity contribution in [3.05, 3.63) is 57.3 Å². The van der Waals surface area contributed by atoms with Gasteiger partial charge in [0.25, 0.3) is 5.91 Å². The first kappa shape index (κ1) is 13.8. The number of halogens is 3. The minimum absolute atomic E-state index is 0.00290. The fraction of sp³-hybridized carbons (Fsp3) is 0. The van der Waals surface area contributed by atoms with Crippen molar-refractivity contribution >= 4 is 44.8 Å². The summed E-state index contributed by atoms with van der Waals surface area (Å²) in [6.45, 7) is 0. The van der Waals surface area contributed by atoms with Gasteiger partial charge < -0.3 is 11.1 Å². The fourth-order valence-corrected chi connectivity index (χ4v) is 2.06. The number of benzene rings is 2. The predicted octanol–water partition coefficient (Wildman–Crippen LogP) is 4.08. The third-order valence-corrected chi connectivity index (χ3v) is 3.64. The fourth-order valence-electron chi connectivity index (χ4n) is 1.50. The molecule has 2 aromatic rings. The maximum atomic E-state index is 13.3. The summed E-state index contributed by atoms with van der Waals surface area (Å²) in [5.41, 5.74) is 6.84. The Kier molecular flexibility index (Phi) is 4.07. The van der Waals surface area contributed by atoms with Crippen LogP contribution in [0.1, 0.15) is 10.4 Å². The van der Waals surface area contributed by atoms with E-state index in [0.29, 0.717) is 21.4 Å². The second-order valence-corrected chi connectivity index (χ2v) is 4.99. The van der Waals surface area contributed by atoms with E-state index in [1.165, 1.54) is 12.1 Å². The lowest BCUT2D eigenvalue weighted by Crippen LogP contribution is -2.13. The van der Waals surface area contributed by atoms with Crippen molar-refractivity contribution in [2.75, 3.05) is 11.1 Å². The summed E-state index contributed by atoms with van der Waals surface area (Å²) in [7, 11) is 0. The van der Waals surface area contributed by atoms with Crippen LogP contribution in [0.2, 0.25) is 5.02 Å². The number of nitrogen functional groups attached to an aromatic ring is 1. The molecule has 0 aliphatic rings. The summed E-state index contributed by atoms with van der Waals surface area (Å²) >= 11 is 8.81. The van der Waals surface area contributed by atoms with Gasteiger partial charge in [0, 0.05) is 11.4 Å². The van der Waals surface area contributed by atoms with Gasteiger partial charge in [-0.25, -0.2) is 4.39 Å². The molecule has 0 spiro atoms. The number of anilines is 2. The molecule has 0 saturated heterocycles. The van der Waals surface area contributed by atoms with Crippen molar-refractivity contribution in [3.63, 3.8) is 0 Å². The van der Waals surface area contributed by atoms with Crippen LogP contribution in [0.4, 0.5) is 15.8 Å². The summed E-state index contributed by atoms with van der Waals surface area (Å²) in [5, 5.41) is 2.57. The quantitative estimate of drug-likeness (QED) is 0.807. The van der Waals surface area contributed by atoms with Gasteiger partial charge in [-0.3, -0.25) is 4.79 Å². The highest BCUT2D eigenvalue weighted by molar-refractivity contribution is 9.10. The minimum Gasteiger partial charge on any atom is -0.398 e. The number of rotatable bonds is 2. The molecule has 0 aromatic heterocycles. The van der Waals surface area contributed by atoms with E-state index in [0.717, 1.165) is 6.07 Å². The van der Waals surface area contributed by atoms with Gasteiger partial charge in [-0.1, -0.05) is 17.7 Å². The van der Waals surface area contributed by atoms with E-state index in [-0.39, 0.29) is 10.9 Å². The highest BCUT2D eigenvalue weighted by atomic mass is 79.9. The van der Waals surface area contributed by atoms with Crippen molar-refractivity contribution < 1.29 is 9.18 Å². The number of carbonyl (C=O) groups excluding carboxylic acids is 1. The molecule has 19 heavy (non-hydrogen) atoms. The van der Waals surface area contributed by atoms with Crippen LogP contribution in [0.25, 0.3) is 0 Å². The van der Waals surface area contributed by atoms with Crippen molar-refractivity contribution in [2.45, 2.75) is 0 Å². The number of hydrogen-bond donors (Lipinski definition) is 2. The van der Waals surface area contributed by atoms with E-state index >= 15 is 0 Å². The first-order valence-electron chi connectivity index (χ1n) is 5.29. The van der Waals surface area contributed by atoms with Gasteiger partial charge >= 0.3 is 0 Å². The lowest BCUT2D eigenvalue weighted by molar-refractivity contribution is 0.102. The topological polar surface area (TPSA) is 55.1 Å². The molecule has 0 bridgehead atoms. The van der Waals surface area contributed by atoms with Gasteiger partial charge in [-0.15, -0.1) is 0 Å². The number of amides is 1. The van der Waals surface area contributed by atoms with Crippen LogP contribution in [0, 0.1) is 5.82 Å². The molecule has 0 heterocycles. The largest absolute Gasteiger partial charge is 0.398 e. The van der Waals surface area contributed by atoms with Crippen molar-refractivity contribution in [3.8, 4) is 0 Å². The molecule has 0 saturated carbocycles. The maximum absolute atomic E-state index is 13.3. The summed E-state index contributed by atoms with van der Waals surface area (Å²) in [6.07, 6.45) is 0. The van der Waals surface area contributed by atoms with Gasteiger partial charge in [0.05, 0.1) is 15.1 Å². The lowest BCUT2D eigenvalue weighted by Gasteiger charge is -2.08. The van der Waals surface area contributed by atoms with Crippen LogP contribution < -0.4 is 11.1 Å². The van der Waals surface area contributed by atoms with E-state index in [1.807, 2.05) is 0 Å². The lowest BCUT2D eigenvalue weighted by atomic mass is 10.2. The maximum Gasteiger partial charge on any atom is 0.256 e. The molecule has 2 rings (SSSR count). The Hall–Kier alpha value is -1.59. The predicted molar refractivity (Wildman–Crippen MR) is 77.9 cm³/mol. The number of hydrogen-bond acceptors (Lipinski definition) is 2. The second-order valence-electron chi connectivity index (χ2n) is 3.79. The Balaban J connectivity index is 2.26. The molecule has 0 atom stereocenters. The molecule has 0 aliphatic heterocycles. The average Bonchev–Trinajstić information content (AvgIpc) is 2.37. The Bertz CT molecular complexity index is 649. The third-order valence-electron chi connectivity index (χ3n) is 2.45. The van der Waals surface area contributed by atoms with E-state index in [4.69, 9.17) is 17.3 Å². The normalized spacial score (nSPS) is 10.3. The molecule has 0 aliphatic carbocycles. The smallest absolute Gasteiger partial charge is 0.256 e. The molecule has 1 amide bonds. The molecule has 3 N–H and O–H groups in total. The number of nitrogens with one attached hydrogen (secondary N) is 1. The Morgan fingerprint density at radius 2 is 2.05 bits per heavy atom. The Morgan fingerprint density at radius 1 is 1.32 bits per heavy atom. The van der Waals surface area contributed by atoms with Gasteiger partial charge in [-0.05, 0) is 46.3 Å². The van der Waals surface area contributed by atoms with Crippen molar-refractivity contribution in [1.29, 1.82) is 0 Å². The number of carbonyl (C=O) groups is 1. The van der Waals surface area contributed by atoms with Gasteiger partial charge in [0.2, 0.25) is 0 Å². The van der Waals surface area contributed by atoms with Crippen molar-refractivity contribution in [2.24, 2.45) is 0 Å². The summed E-state index contributed by atoms with van der Waals surface area (Å²) < 4.78 is 13.8. The van der Waals surface area contributed by atoms with Gasteiger partial charge in [0.15, 0.2) is 0 Å². The van der Waals surface area contributed by atoms with Crippen LogP contribution in [0.15, 0.2) is 40.9 Å². The molecule has 0 fully saturated rings. The first-order chi connectivity index (χ1) is 8.99. The average molecular weight is 344 g/mol. The van der Waals surface area contributed by atoms with E-state index < -0.39 is 5.82 Å². The monoisotopic (exact) mass is 342 g/mol. The highest BCUT2D eigenvalue weighted by Crippen LogP contribution is 2.25. The van der Waals surface area contributed by atoms with Crippen molar-refractivity contribution in [1.82, 2.24) is 0 Å². The zero-order chi connectivity index (χ0) is 14.0. The van der Waals surface area contributed by atoms with Crippen LogP contribution >= 0.6 is 27.5 Å². The molecule has 2 aromatic carbocycles. The molecule has 3 nitrogen and oxygen atoms in total. The summed E-state index contributed by atoms with van der Waals surface area (Å²) in [6, 6.07) is 8.99. The zero-order valence-corrected chi connectivity index (χ0v) is 11.9. The Labute approximate surface area is 122 Å². The summed E-state index contributed by atoms with van der Waals surface area (Å²) in [4.78, 5) is 12.0. The van der Waals surface area contributed by atoms with E-state index in [9.17, 15) is 9.18 Å². The Morgan fingerprint density at radius 3 is 2.74 bits per heavy atom. The van der Waals surface area contributed by atoms with Crippen LogP contribution in [0.5, 0.6) is 0 Å². The number of nitrogens with two attached hydrogens (primary N) is 1. The second kappa shape index (κ2) is 5.59. The van der Waals surface area contributed by atoms with Crippen LogP contribution in [-0.4, -0.2) is 5.91 Å². The molecule has 0 radical (unpaired) electrons. The minimum atomic E-state index is -0.592. The standard InChI is InChI=1S/C13H9BrClFN2O/c14-12-8(2-1-3-11(12)17)13(19)18-7-4-5-9(15)10(16)6-7/h1-6H,17H2,(H,18,19).